The van der Waals surface area contributed by atoms with E-state index in [2.05, 4.69) is 5.10 Å². The molecule has 0 aliphatic carbocycles. The second-order valence-corrected chi connectivity index (χ2v) is 8.18. The van der Waals surface area contributed by atoms with Crippen molar-refractivity contribution in [2.45, 2.75) is 0 Å². The molecule has 4 rings (SSSR count). The van der Waals surface area contributed by atoms with Crippen LogP contribution in [0.4, 0.5) is 0 Å². The van der Waals surface area contributed by atoms with E-state index in [-0.39, 0.29) is 33.3 Å². The summed E-state index contributed by atoms with van der Waals surface area (Å²) < 4.78 is 16.6. The molecule has 0 N–H and O–H groups in total. The van der Waals surface area contributed by atoms with Crippen molar-refractivity contribution in [2.75, 3.05) is 14.2 Å². The minimum absolute atomic E-state index is 0.0640. The lowest BCUT2D eigenvalue weighted by Crippen LogP contribution is -2.15. The fourth-order valence-corrected chi connectivity index (χ4v) is 3.94. The van der Waals surface area contributed by atoms with Crippen molar-refractivity contribution >= 4 is 41.1 Å². The van der Waals surface area contributed by atoms with Gasteiger partial charge in [0.15, 0.2) is 5.69 Å². The summed E-state index contributed by atoms with van der Waals surface area (Å²) >= 11 is 12.0. The van der Waals surface area contributed by atoms with Crippen LogP contribution in [0.2, 0.25) is 10.0 Å². The quantitative estimate of drug-likeness (QED) is 0.238. The molecule has 1 aromatic heterocycles. The zero-order chi connectivity index (χ0) is 25.8. The minimum Gasteiger partial charge on any atom is -0.465 e. The summed E-state index contributed by atoms with van der Waals surface area (Å²) in [6.07, 6.45) is 0. The molecular formula is C26H18Cl2N2O6. The number of hydrogen-bond acceptors (Lipinski definition) is 7. The van der Waals surface area contributed by atoms with E-state index >= 15 is 0 Å². The third-order valence-corrected chi connectivity index (χ3v) is 5.69. The molecule has 36 heavy (non-hydrogen) atoms. The van der Waals surface area contributed by atoms with Crippen LogP contribution in [0.25, 0.3) is 16.9 Å². The number of hydrogen-bond donors (Lipinski definition) is 0. The number of methoxy groups -OCH3 is 2. The predicted molar refractivity (Wildman–Crippen MR) is 133 cm³/mol. The average Bonchev–Trinajstić information content (AvgIpc) is 3.29. The second-order valence-electron chi connectivity index (χ2n) is 7.34. The van der Waals surface area contributed by atoms with Crippen molar-refractivity contribution in [1.82, 2.24) is 9.78 Å². The lowest BCUT2D eigenvalue weighted by Gasteiger charge is -2.07. The Kier molecular flexibility index (Phi) is 7.38. The molecule has 4 aromatic rings. The van der Waals surface area contributed by atoms with Gasteiger partial charge in [0.05, 0.1) is 30.5 Å². The first-order valence-electron chi connectivity index (χ1n) is 10.5. The number of aromatic nitrogens is 2. The van der Waals surface area contributed by atoms with Crippen molar-refractivity contribution in [1.29, 1.82) is 0 Å². The largest absolute Gasteiger partial charge is 0.465 e. The van der Waals surface area contributed by atoms with E-state index in [0.717, 1.165) is 0 Å². The van der Waals surface area contributed by atoms with Crippen LogP contribution in [0.5, 0.6) is 5.75 Å². The van der Waals surface area contributed by atoms with Gasteiger partial charge in [-0.05, 0) is 54.6 Å². The van der Waals surface area contributed by atoms with Crippen molar-refractivity contribution in [3.05, 3.63) is 99.7 Å². The number of esters is 3. The normalized spacial score (nSPS) is 10.6. The lowest BCUT2D eigenvalue weighted by atomic mass is 10.1. The molecule has 0 aliphatic rings. The topological polar surface area (TPSA) is 96.7 Å². The Hall–Kier alpha value is -4.14. The number of benzene rings is 3. The Morgan fingerprint density at radius 2 is 1.47 bits per heavy atom. The van der Waals surface area contributed by atoms with E-state index in [1.165, 1.54) is 49.2 Å². The van der Waals surface area contributed by atoms with Crippen molar-refractivity contribution in [3.63, 3.8) is 0 Å². The molecule has 182 valence electrons. The molecule has 0 radical (unpaired) electrons. The highest BCUT2D eigenvalue weighted by Gasteiger charge is 2.31. The van der Waals surface area contributed by atoms with E-state index in [4.69, 9.17) is 37.4 Å². The van der Waals surface area contributed by atoms with E-state index < -0.39 is 17.9 Å². The molecule has 0 atom stereocenters. The number of rotatable bonds is 6. The van der Waals surface area contributed by atoms with Gasteiger partial charge in [-0.1, -0.05) is 41.4 Å². The van der Waals surface area contributed by atoms with Gasteiger partial charge in [-0.2, -0.15) is 5.10 Å². The highest BCUT2D eigenvalue weighted by atomic mass is 35.5. The Morgan fingerprint density at radius 1 is 0.806 bits per heavy atom. The second kappa shape index (κ2) is 10.6. The third kappa shape index (κ3) is 4.95. The van der Waals surface area contributed by atoms with Crippen LogP contribution in [-0.4, -0.2) is 41.9 Å². The van der Waals surface area contributed by atoms with Crippen LogP contribution in [-0.2, 0) is 9.47 Å². The predicted octanol–water partition coefficient (Wildman–Crippen LogP) is 5.64. The van der Waals surface area contributed by atoms with Gasteiger partial charge in [0.1, 0.15) is 17.0 Å². The van der Waals surface area contributed by atoms with Gasteiger partial charge in [-0.3, -0.25) is 0 Å². The molecule has 1 heterocycles. The van der Waals surface area contributed by atoms with Crippen molar-refractivity contribution in [3.8, 4) is 22.7 Å². The number of para-hydroxylation sites is 1. The smallest absolute Gasteiger partial charge is 0.357 e. The summed E-state index contributed by atoms with van der Waals surface area (Å²) in [5.74, 6) is -1.96. The van der Waals surface area contributed by atoms with Crippen LogP contribution < -0.4 is 4.74 Å². The average molecular weight is 525 g/mol. The fourth-order valence-electron chi connectivity index (χ4n) is 3.45. The standard InChI is InChI=1S/C26H18Cl2N2O6/c1-34-25(32)21-22(29-30(23(21)26(33)35-2)17-6-4-3-5-7-17)15-8-11-18(12-9-15)36-24(31)19-13-10-16(27)14-20(19)28/h3-14H,1-2H3. The highest BCUT2D eigenvalue weighted by Crippen LogP contribution is 2.31. The monoisotopic (exact) mass is 524 g/mol. The number of carbonyl (C=O) groups is 3. The number of halogens is 2. The van der Waals surface area contributed by atoms with Crippen molar-refractivity contribution < 1.29 is 28.6 Å². The SMILES string of the molecule is COC(=O)c1c(-c2ccc(OC(=O)c3ccc(Cl)cc3Cl)cc2)nn(-c2ccccc2)c1C(=O)OC. The summed E-state index contributed by atoms with van der Waals surface area (Å²) in [7, 11) is 2.42. The number of carbonyl (C=O) groups excluding carboxylic acids is 3. The van der Waals surface area contributed by atoms with Crippen LogP contribution >= 0.6 is 23.2 Å². The molecular weight excluding hydrogens is 507 g/mol. The molecule has 0 aliphatic heterocycles. The fraction of sp³-hybridized carbons (Fsp3) is 0.0769. The summed E-state index contributed by atoms with van der Waals surface area (Å²) in [6.45, 7) is 0. The molecule has 0 bridgehead atoms. The van der Waals surface area contributed by atoms with Gasteiger partial charge in [-0.25, -0.2) is 19.1 Å². The van der Waals surface area contributed by atoms with Crippen LogP contribution in [0, 0.1) is 0 Å². The van der Waals surface area contributed by atoms with Crippen molar-refractivity contribution in [2.24, 2.45) is 0 Å². The van der Waals surface area contributed by atoms with Gasteiger partial charge >= 0.3 is 17.9 Å². The van der Waals surface area contributed by atoms with Gasteiger partial charge in [0, 0.05) is 10.6 Å². The zero-order valence-electron chi connectivity index (χ0n) is 19.0. The summed E-state index contributed by atoms with van der Waals surface area (Å²) in [4.78, 5) is 37.9. The molecule has 0 fully saturated rings. The summed E-state index contributed by atoms with van der Waals surface area (Å²) in [5, 5.41) is 5.08. The minimum atomic E-state index is -0.763. The van der Waals surface area contributed by atoms with Gasteiger partial charge in [0.25, 0.3) is 0 Å². The molecule has 0 spiro atoms. The Labute approximate surface area is 215 Å². The Morgan fingerprint density at radius 3 is 2.08 bits per heavy atom. The van der Waals surface area contributed by atoms with Gasteiger partial charge in [0.2, 0.25) is 0 Å². The highest BCUT2D eigenvalue weighted by molar-refractivity contribution is 6.36. The van der Waals surface area contributed by atoms with Gasteiger partial charge in [-0.15, -0.1) is 0 Å². The summed E-state index contributed by atoms with van der Waals surface area (Å²) in [6, 6.07) is 19.5. The lowest BCUT2D eigenvalue weighted by molar-refractivity contribution is 0.0549. The van der Waals surface area contributed by atoms with E-state index in [9.17, 15) is 14.4 Å². The van der Waals surface area contributed by atoms with E-state index in [0.29, 0.717) is 16.3 Å². The maximum Gasteiger partial charge on any atom is 0.357 e. The maximum absolute atomic E-state index is 12.7. The Balaban J connectivity index is 1.74. The Bertz CT molecular complexity index is 1450. The molecule has 0 saturated carbocycles. The molecule has 10 heteroatoms. The van der Waals surface area contributed by atoms with Gasteiger partial charge < -0.3 is 14.2 Å². The molecule has 0 unspecified atom stereocenters. The molecule has 8 nitrogen and oxygen atoms in total. The number of ether oxygens (including phenoxy) is 3. The number of nitrogens with zero attached hydrogens (tertiary/aromatic N) is 2. The summed E-state index contributed by atoms with van der Waals surface area (Å²) in [5.41, 5.74) is 1.20. The first-order chi connectivity index (χ1) is 17.3. The van der Waals surface area contributed by atoms with E-state index in [1.807, 2.05) is 6.07 Å². The van der Waals surface area contributed by atoms with Crippen LogP contribution in [0.1, 0.15) is 31.2 Å². The molecule has 0 saturated heterocycles. The maximum atomic E-state index is 12.7. The molecule has 3 aromatic carbocycles. The van der Waals surface area contributed by atoms with Crippen LogP contribution in [0.3, 0.4) is 0 Å². The van der Waals surface area contributed by atoms with Crippen LogP contribution in [0.15, 0.2) is 72.8 Å². The zero-order valence-corrected chi connectivity index (χ0v) is 20.5. The molecule has 0 amide bonds. The first-order valence-corrected chi connectivity index (χ1v) is 11.2. The van der Waals surface area contributed by atoms with E-state index in [1.54, 1.807) is 36.4 Å². The third-order valence-electron chi connectivity index (χ3n) is 5.14. The first kappa shape index (κ1) is 25.0.